The van der Waals surface area contributed by atoms with Crippen molar-refractivity contribution in [3.05, 3.63) is 0 Å². The molecule has 0 spiro atoms. The average Bonchev–Trinajstić information content (AvgIpc) is 3.01. The van der Waals surface area contributed by atoms with Gasteiger partial charge in [0.05, 0.1) is 6.10 Å². The van der Waals surface area contributed by atoms with Crippen LogP contribution >= 0.6 is 0 Å². The van der Waals surface area contributed by atoms with Crippen LogP contribution in [0.5, 0.6) is 0 Å². The van der Waals surface area contributed by atoms with Gasteiger partial charge in [-0.05, 0) is 38.5 Å². The number of hydrogen-bond acceptors (Lipinski definition) is 3. The molecule has 0 radical (unpaired) electrons. The molecule has 0 amide bonds. The zero-order valence-corrected chi connectivity index (χ0v) is 9.71. The molecule has 1 aliphatic carbocycles. The highest BCUT2D eigenvalue weighted by atomic mass is 16.5. The lowest BCUT2D eigenvalue weighted by molar-refractivity contribution is 0.0139. The fourth-order valence-corrected chi connectivity index (χ4v) is 2.75. The first-order valence-electron chi connectivity index (χ1n) is 6.22. The Kier molecular flexibility index (Phi) is 3.65. The van der Waals surface area contributed by atoms with Crippen molar-refractivity contribution >= 4 is 0 Å². The molecular weight excluding hydrogens is 190 g/mol. The van der Waals surface area contributed by atoms with Gasteiger partial charge in [0.15, 0.2) is 0 Å². The van der Waals surface area contributed by atoms with Gasteiger partial charge < -0.3 is 15.2 Å². The van der Waals surface area contributed by atoms with Crippen LogP contribution in [0.2, 0.25) is 0 Å². The highest BCUT2D eigenvalue weighted by molar-refractivity contribution is 4.99. The predicted octanol–water partition coefficient (Wildman–Crippen LogP) is 1.56. The van der Waals surface area contributed by atoms with E-state index in [1.165, 1.54) is 12.8 Å². The molecule has 2 unspecified atom stereocenters. The van der Waals surface area contributed by atoms with Gasteiger partial charge in [-0.15, -0.1) is 0 Å². The first-order chi connectivity index (χ1) is 7.32. The Morgan fingerprint density at radius 3 is 2.87 bits per heavy atom. The van der Waals surface area contributed by atoms with Gasteiger partial charge in [0.25, 0.3) is 0 Å². The molecule has 1 heterocycles. The van der Waals surface area contributed by atoms with Gasteiger partial charge in [0.2, 0.25) is 0 Å². The molecule has 3 nitrogen and oxygen atoms in total. The first kappa shape index (κ1) is 11.4. The second-order valence-electron chi connectivity index (χ2n) is 4.89. The van der Waals surface area contributed by atoms with E-state index in [1.807, 2.05) is 6.92 Å². The SMILES string of the molecule is CCOCCC1(CN)CCOC1C1CC1. The van der Waals surface area contributed by atoms with Gasteiger partial charge >= 0.3 is 0 Å². The molecule has 0 bridgehead atoms. The molecule has 0 aromatic rings. The van der Waals surface area contributed by atoms with E-state index in [0.29, 0.717) is 6.10 Å². The molecule has 1 aliphatic heterocycles. The summed E-state index contributed by atoms with van der Waals surface area (Å²) in [4.78, 5) is 0. The summed E-state index contributed by atoms with van der Waals surface area (Å²) < 4.78 is 11.3. The monoisotopic (exact) mass is 213 g/mol. The summed E-state index contributed by atoms with van der Waals surface area (Å²) in [5, 5.41) is 0. The van der Waals surface area contributed by atoms with Crippen LogP contribution in [0.15, 0.2) is 0 Å². The third kappa shape index (κ3) is 2.35. The Labute approximate surface area is 92.3 Å². The Morgan fingerprint density at radius 2 is 2.27 bits per heavy atom. The zero-order chi connectivity index (χ0) is 10.7. The first-order valence-corrected chi connectivity index (χ1v) is 6.22. The summed E-state index contributed by atoms with van der Waals surface area (Å²) in [5.74, 6) is 0.790. The summed E-state index contributed by atoms with van der Waals surface area (Å²) >= 11 is 0. The van der Waals surface area contributed by atoms with Crippen molar-refractivity contribution in [3.63, 3.8) is 0 Å². The standard InChI is InChI=1S/C12H23NO2/c1-2-14-7-5-12(9-13)6-8-15-11(12)10-3-4-10/h10-11H,2-9,13H2,1H3. The van der Waals surface area contributed by atoms with Crippen LogP contribution in [0.3, 0.4) is 0 Å². The molecule has 15 heavy (non-hydrogen) atoms. The normalized spacial score (nSPS) is 36.0. The van der Waals surface area contributed by atoms with E-state index in [4.69, 9.17) is 15.2 Å². The summed E-state index contributed by atoms with van der Waals surface area (Å²) in [6.07, 6.45) is 5.28. The largest absolute Gasteiger partial charge is 0.382 e. The second-order valence-corrected chi connectivity index (χ2v) is 4.89. The van der Waals surface area contributed by atoms with Crippen LogP contribution < -0.4 is 5.73 Å². The summed E-state index contributed by atoms with van der Waals surface area (Å²) in [5.41, 5.74) is 6.19. The molecule has 2 aliphatic rings. The van der Waals surface area contributed by atoms with Crippen molar-refractivity contribution in [1.82, 2.24) is 0 Å². The zero-order valence-electron chi connectivity index (χ0n) is 9.71. The van der Waals surface area contributed by atoms with E-state index in [0.717, 1.165) is 45.1 Å². The summed E-state index contributed by atoms with van der Waals surface area (Å²) in [6, 6.07) is 0. The average molecular weight is 213 g/mol. The van der Waals surface area contributed by atoms with Crippen molar-refractivity contribution in [3.8, 4) is 0 Å². The number of nitrogens with two attached hydrogens (primary N) is 1. The minimum Gasteiger partial charge on any atom is -0.382 e. The molecule has 2 atom stereocenters. The fourth-order valence-electron chi connectivity index (χ4n) is 2.75. The van der Waals surface area contributed by atoms with Crippen molar-refractivity contribution < 1.29 is 9.47 Å². The predicted molar refractivity (Wildman–Crippen MR) is 59.7 cm³/mol. The molecule has 1 saturated carbocycles. The number of hydrogen-bond donors (Lipinski definition) is 1. The van der Waals surface area contributed by atoms with Gasteiger partial charge in [-0.1, -0.05) is 0 Å². The lowest BCUT2D eigenvalue weighted by atomic mass is 9.76. The maximum atomic E-state index is 5.97. The molecule has 2 N–H and O–H groups in total. The Balaban J connectivity index is 1.92. The third-order valence-electron chi connectivity index (χ3n) is 3.91. The van der Waals surface area contributed by atoms with E-state index in [2.05, 4.69) is 0 Å². The second kappa shape index (κ2) is 4.81. The Morgan fingerprint density at radius 1 is 1.47 bits per heavy atom. The molecule has 88 valence electrons. The highest BCUT2D eigenvalue weighted by Gasteiger charge is 2.49. The Bertz CT molecular complexity index is 206. The highest BCUT2D eigenvalue weighted by Crippen LogP contribution is 2.49. The number of rotatable bonds is 6. The lowest BCUT2D eigenvalue weighted by Gasteiger charge is -2.33. The van der Waals surface area contributed by atoms with Gasteiger partial charge in [0.1, 0.15) is 0 Å². The van der Waals surface area contributed by atoms with E-state index in [-0.39, 0.29) is 5.41 Å². The van der Waals surface area contributed by atoms with Crippen molar-refractivity contribution in [2.24, 2.45) is 17.1 Å². The van der Waals surface area contributed by atoms with Crippen LogP contribution in [0, 0.1) is 11.3 Å². The van der Waals surface area contributed by atoms with Crippen molar-refractivity contribution in [1.29, 1.82) is 0 Å². The lowest BCUT2D eigenvalue weighted by Crippen LogP contribution is -2.40. The molecule has 1 saturated heterocycles. The quantitative estimate of drug-likeness (QED) is 0.681. The third-order valence-corrected chi connectivity index (χ3v) is 3.91. The maximum Gasteiger partial charge on any atom is 0.0673 e. The van der Waals surface area contributed by atoms with E-state index in [1.54, 1.807) is 0 Å². The van der Waals surface area contributed by atoms with Gasteiger partial charge in [-0.3, -0.25) is 0 Å². The number of ether oxygens (including phenoxy) is 2. The summed E-state index contributed by atoms with van der Waals surface area (Å²) in [7, 11) is 0. The van der Waals surface area contributed by atoms with Gasteiger partial charge in [-0.2, -0.15) is 0 Å². The molecule has 3 heteroatoms. The smallest absolute Gasteiger partial charge is 0.0673 e. The van der Waals surface area contributed by atoms with E-state index < -0.39 is 0 Å². The van der Waals surface area contributed by atoms with Gasteiger partial charge in [-0.25, -0.2) is 0 Å². The van der Waals surface area contributed by atoms with Crippen LogP contribution in [0.4, 0.5) is 0 Å². The molecule has 0 aromatic carbocycles. The Hall–Kier alpha value is -0.120. The van der Waals surface area contributed by atoms with Crippen LogP contribution in [0.1, 0.15) is 32.6 Å². The van der Waals surface area contributed by atoms with Crippen LogP contribution in [-0.2, 0) is 9.47 Å². The topological polar surface area (TPSA) is 44.5 Å². The van der Waals surface area contributed by atoms with E-state index in [9.17, 15) is 0 Å². The fraction of sp³-hybridized carbons (Fsp3) is 1.00. The maximum absolute atomic E-state index is 5.97. The van der Waals surface area contributed by atoms with Crippen molar-refractivity contribution in [2.45, 2.75) is 38.7 Å². The van der Waals surface area contributed by atoms with Crippen LogP contribution in [0.25, 0.3) is 0 Å². The molecular formula is C12H23NO2. The van der Waals surface area contributed by atoms with E-state index >= 15 is 0 Å². The summed E-state index contributed by atoms with van der Waals surface area (Å²) in [6.45, 7) is 5.32. The minimum absolute atomic E-state index is 0.219. The van der Waals surface area contributed by atoms with Gasteiger partial charge in [0, 0.05) is 31.8 Å². The van der Waals surface area contributed by atoms with Crippen molar-refractivity contribution in [2.75, 3.05) is 26.4 Å². The molecule has 2 fully saturated rings. The molecule has 2 rings (SSSR count). The minimum atomic E-state index is 0.219. The van der Waals surface area contributed by atoms with Crippen LogP contribution in [-0.4, -0.2) is 32.5 Å². The molecule has 0 aromatic heterocycles.